The summed E-state index contributed by atoms with van der Waals surface area (Å²) >= 11 is 1.93. The summed E-state index contributed by atoms with van der Waals surface area (Å²) in [5, 5.41) is 3.46. The van der Waals surface area contributed by atoms with Crippen LogP contribution in [0.3, 0.4) is 0 Å². The van der Waals surface area contributed by atoms with Crippen molar-refractivity contribution in [2.75, 3.05) is 13.1 Å². The summed E-state index contributed by atoms with van der Waals surface area (Å²) in [7, 11) is 0. The van der Waals surface area contributed by atoms with Crippen molar-refractivity contribution in [2.24, 2.45) is 5.73 Å². The lowest BCUT2D eigenvalue weighted by Gasteiger charge is -2.32. The molecule has 3 N–H and O–H groups in total. The van der Waals surface area contributed by atoms with Gasteiger partial charge in [-0.3, -0.25) is 0 Å². The van der Waals surface area contributed by atoms with Crippen molar-refractivity contribution in [3.05, 3.63) is 46.7 Å². The first-order valence-electron chi connectivity index (χ1n) is 8.29. The Bertz CT molecular complexity index is 483. The Morgan fingerprint density at radius 2 is 2.14 bits per heavy atom. The zero-order valence-electron chi connectivity index (χ0n) is 13.9. The first-order chi connectivity index (χ1) is 10.6. The fraction of sp³-hybridized carbons (Fsp3) is 0.556. The zero-order valence-corrected chi connectivity index (χ0v) is 14.7. The van der Waals surface area contributed by atoms with Crippen molar-refractivity contribution in [1.82, 2.24) is 9.62 Å². The average Bonchev–Trinajstić information content (AvgIpc) is 2.50. The smallest absolute Gasteiger partial charge is 0.0306 e. The second-order valence-corrected chi connectivity index (χ2v) is 7.34. The SMILES string of the molecule is C=C(C)NC1CCN(SC2=CC=C(/C(N)=C\CC)CC2)CC1. The molecule has 0 unspecified atom stereocenters. The molecule has 0 aromatic carbocycles. The molecular weight excluding hydrogens is 290 g/mol. The first kappa shape index (κ1) is 17.2. The molecule has 0 atom stereocenters. The van der Waals surface area contributed by atoms with Gasteiger partial charge in [0.1, 0.15) is 0 Å². The van der Waals surface area contributed by atoms with E-state index in [-0.39, 0.29) is 0 Å². The number of nitrogens with two attached hydrogens (primary N) is 1. The number of rotatable bonds is 6. The minimum absolute atomic E-state index is 0.597. The predicted octanol–water partition coefficient (Wildman–Crippen LogP) is 4.08. The van der Waals surface area contributed by atoms with E-state index in [0.717, 1.165) is 43.7 Å². The Kier molecular flexibility index (Phi) is 6.65. The fourth-order valence-electron chi connectivity index (χ4n) is 2.89. The first-order valence-corrected chi connectivity index (χ1v) is 9.06. The van der Waals surface area contributed by atoms with Crippen molar-refractivity contribution in [3.63, 3.8) is 0 Å². The van der Waals surface area contributed by atoms with Gasteiger partial charge in [-0.2, -0.15) is 0 Å². The molecule has 1 aliphatic carbocycles. The van der Waals surface area contributed by atoms with Crippen molar-refractivity contribution < 1.29 is 0 Å². The van der Waals surface area contributed by atoms with Gasteiger partial charge in [-0.25, -0.2) is 4.31 Å². The highest BCUT2D eigenvalue weighted by atomic mass is 32.2. The third-order valence-corrected chi connectivity index (χ3v) is 5.25. The van der Waals surface area contributed by atoms with Gasteiger partial charge in [-0.05, 0) is 56.5 Å². The van der Waals surface area contributed by atoms with E-state index in [2.05, 4.69) is 41.4 Å². The molecule has 1 fully saturated rings. The van der Waals surface area contributed by atoms with E-state index in [1.54, 1.807) is 0 Å². The van der Waals surface area contributed by atoms with E-state index >= 15 is 0 Å². The molecule has 0 bridgehead atoms. The molecule has 1 aliphatic heterocycles. The van der Waals surface area contributed by atoms with Crippen LogP contribution in [0.5, 0.6) is 0 Å². The number of piperidine rings is 1. The summed E-state index contributed by atoms with van der Waals surface area (Å²) < 4.78 is 2.49. The lowest BCUT2D eigenvalue weighted by Crippen LogP contribution is -2.39. The lowest BCUT2D eigenvalue weighted by molar-refractivity contribution is 0.322. The molecular formula is C18H29N3S. The van der Waals surface area contributed by atoms with Crippen molar-refractivity contribution in [1.29, 1.82) is 0 Å². The van der Waals surface area contributed by atoms with Gasteiger partial charge >= 0.3 is 0 Å². The Labute approximate surface area is 139 Å². The van der Waals surface area contributed by atoms with Gasteiger partial charge in [0, 0.05) is 35.4 Å². The lowest BCUT2D eigenvalue weighted by atomic mass is 10.0. The molecule has 1 heterocycles. The van der Waals surface area contributed by atoms with E-state index in [0.29, 0.717) is 6.04 Å². The number of allylic oxidation sites excluding steroid dienone is 6. The van der Waals surface area contributed by atoms with Gasteiger partial charge in [-0.1, -0.05) is 31.7 Å². The van der Waals surface area contributed by atoms with E-state index in [1.165, 1.54) is 23.3 Å². The second-order valence-electron chi connectivity index (χ2n) is 6.11. The maximum atomic E-state index is 6.08. The molecule has 0 spiro atoms. The number of hydrogen-bond donors (Lipinski definition) is 2. The normalized spacial score (nSPS) is 21.3. The highest BCUT2D eigenvalue weighted by Crippen LogP contribution is 2.33. The second kappa shape index (κ2) is 8.49. The van der Waals surface area contributed by atoms with Crippen LogP contribution in [0.15, 0.2) is 46.7 Å². The van der Waals surface area contributed by atoms with Gasteiger partial charge in [0.2, 0.25) is 0 Å². The van der Waals surface area contributed by atoms with E-state index < -0.39 is 0 Å². The monoisotopic (exact) mass is 319 g/mol. The third kappa shape index (κ3) is 5.25. The molecule has 2 rings (SSSR count). The Balaban J connectivity index is 1.81. The van der Waals surface area contributed by atoms with Gasteiger partial charge in [-0.15, -0.1) is 0 Å². The molecule has 1 saturated heterocycles. The van der Waals surface area contributed by atoms with Gasteiger partial charge in [0.05, 0.1) is 0 Å². The standard InChI is InChI=1S/C18H29N3S/c1-4-5-18(19)15-6-8-17(9-7-15)22-21-12-10-16(11-13-21)20-14(2)3/h5-6,8,16,20H,2,4,7,9-13,19H2,1,3H3/b18-5+. The molecule has 0 aromatic heterocycles. The maximum absolute atomic E-state index is 6.08. The van der Waals surface area contributed by atoms with E-state index in [1.807, 2.05) is 18.9 Å². The van der Waals surface area contributed by atoms with Gasteiger partial charge in [0.25, 0.3) is 0 Å². The van der Waals surface area contributed by atoms with Crippen LogP contribution in [0.1, 0.15) is 46.0 Å². The van der Waals surface area contributed by atoms with Gasteiger partial charge in [0.15, 0.2) is 0 Å². The molecule has 3 nitrogen and oxygen atoms in total. The fourth-order valence-corrected chi connectivity index (χ4v) is 3.94. The van der Waals surface area contributed by atoms with Crippen LogP contribution in [0.2, 0.25) is 0 Å². The molecule has 22 heavy (non-hydrogen) atoms. The van der Waals surface area contributed by atoms with Crippen LogP contribution in [0.4, 0.5) is 0 Å². The Morgan fingerprint density at radius 3 is 2.68 bits per heavy atom. The highest BCUT2D eigenvalue weighted by molar-refractivity contribution is 8.00. The minimum atomic E-state index is 0.597. The van der Waals surface area contributed by atoms with Crippen LogP contribution < -0.4 is 11.1 Å². The van der Waals surface area contributed by atoms with Crippen molar-refractivity contribution >= 4 is 11.9 Å². The van der Waals surface area contributed by atoms with E-state index in [9.17, 15) is 0 Å². The summed E-state index contributed by atoms with van der Waals surface area (Å²) in [5.41, 5.74) is 9.40. The number of hydrogen-bond acceptors (Lipinski definition) is 4. The van der Waals surface area contributed by atoms with E-state index in [4.69, 9.17) is 5.73 Å². The third-order valence-electron chi connectivity index (χ3n) is 4.06. The molecule has 2 aliphatic rings. The Morgan fingerprint density at radius 1 is 1.41 bits per heavy atom. The molecule has 0 amide bonds. The summed E-state index contributed by atoms with van der Waals surface area (Å²) in [6.45, 7) is 10.4. The molecule has 0 aromatic rings. The van der Waals surface area contributed by atoms with Crippen LogP contribution in [0, 0.1) is 0 Å². The molecule has 0 radical (unpaired) electrons. The average molecular weight is 320 g/mol. The number of nitrogens with zero attached hydrogens (tertiary/aromatic N) is 1. The van der Waals surface area contributed by atoms with Crippen LogP contribution in [0.25, 0.3) is 0 Å². The molecule has 0 saturated carbocycles. The van der Waals surface area contributed by atoms with Crippen molar-refractivity contribution in [3.8, 4) is 0 Å². The largest absolute Gasteiger partial charge is 0.399 e. The predicted molar refractivity (Wildman–Crippen MR) is 98.1 cm³/mol. The Hall–Kier alpha value is -1.13. The van der Waals surface area contributed by atoms with Crippen LogP contribution >= 0.6 is 11.9 Å². The van der Waals surface area contributed by atoms with Gasteiger partial charge < -0.3 is 11.1 Å². The summed E-state index contributed by atoms with van der Waals surface area (Å²) in [4.78, 5) is 1.46. The van der Waals surface area contributed by atoms with Crippen LogP contribution in [-0.4, -0.2) is 23.4 Å². The highest BCUT2D eigenvalue weighted by Gasteiger charge is 2.20. The summed E-state index contributed by atoms with van der Waals surface area (Å²) in [6, 6.07) is 0.597. The topological polar surface area (TPSA) is 41.3 Å². The summed E-state index contributed by atoms with van der Waals surface area (Å²) in [5.74, 6) is 0. The number of nitrogens with one attached hydrogen (secondary N) is 1. The molecule has 4 heteroatoms. The minimum Gasteiger partial charge on any atom is -0.399 e. The maximum Gasteiger partial charge on any atom is 0.0306 e. The van der Waals surface area contributed by atoms with Crippen molar-refractivity contribution in [2.45, 2.75) is 52.0 Å². The zero-order chi connectivity index (χ0) is 15.9. The molecule has 122 valence electrons. The quantitative estimate of drug-likeness (QED) is 0.724. The van der Waals surface area contributed by atoms with Crippen LogP contribution in [-0.2, 0) is 0 Å². The summed E-state index contributed by atoms with van der Waals surface area (Å²) in [6.07, 6.45) is 12.1.